The summed E-state index contributed by atoms with van der Waals surface area (Å²) in [5.74, 6) is 0.253. The molecule has 2 aliphatic heterocycles. The zero-order chi connectivity index (χ0) is 34.2. The molecule has 52 heavy (non-hydrogen) atoms. The molecule has 0 saturated heterocycles. The fourth-order valence-electron chi connectivity index (χ4n) is 9.09. The molecular formula is C50H34N2+2. The van der Waals surface area contributed by atoms with Crippen LogP contribution in [0.25, 0.3) is 55.4 Å². The molecule has 2 heteroatoms. The van der Waals surface area contributed by atoms with Crippen molar-refractivity contribution in [1.29, 1.82) is 0 Å². The molecule has 0 aliphatic carbocycles. The van der Waals surface area contributed by atoms with Gasteiger partial charge in [0.2, 0.25) is 33.8 Å². The van der Waals surface area contributed by atoms with Gasteiger partial charge in [0.25, 0.3) is 0 Å². The van der Waals surface area contributed by atoms with Crippen LogP contribution in [0.15, 0.2) is 194 Å². The summed E-state index contributed by atoms with van der Waals surface area (Å²) < 4.78 is 5.09. The normalized spacial score (nSPS) is 15.3. The van der Waals surface area contributed by atoms with Gasteiger partial charge in [0.05, 0.1) is 10.8 Å². The smallest absolute Gasteiger partial charge is 0.156 e. The molecule has 0 bridgehead atoms. The van der Waals surface area contributed by atoms with Gasteiger partial charge in [-0.25, -0.2) is 0 Å². The molecule has 0 radical (unpaired) electrons. The summed E-state index contributed by atoms with van der Waals surface area (Å²) in [6, 6.07) is 71.7. The number of rotatable bonds is 4. The van der Waals surface area contributed by atoms with Crippen molar-refractivity contribution in [3.63, 3.8) is 0 Å². The van der Waals surface area contributed by atoms with E-state index in [1.165, 1.54) is 89.1 Å². The standard InChI is InChI=1S/C50H34N2/c1-5-17-33(18-6-1)39-29-47-49(35-21-9-3-10-22-35)37-25-13-15-27-43(37)51(47)45-32-42-40(34-19-7-2-8-20-34)30-48-50(36-23-11-4-12-24-36)38-26-14-16-28-44(38)52(48)46(42)31-41(39)45/h1-32,49-50H/q+2. The predicted octanol–water partition coefficient (Wildman–Crippen LogP) is 10.9. The van der Waals surface area contributed by atoms with Gasteiger partial charge >= 0.3 is 0 Å². The molecule has 7 aromatic carbocycles. The third-order valence-corrected chi connectivity index (χ3v) is 11.3. The van der Waals surface area contributed by atoms with Crippen LogP contribution in [0.4, 0.5) is 0 Å². The molecule has 242 valence electrons. The second-order valence-electron chi connectivity index (χ2n) is 14.1. The number of para-hydroxylation sites is 2. The highest BCUT2D eigenvalue weighted by molar-refractivity contribution is 6.05. The number of benzene rings is 7. The Hall–Kier alpha value is -6.64. The van der Waals surface area contributed by atoms with Crippen LogP contribution in [0.3, 0.4) is 0 Å². The average molecular weight is 663 g/mol. The van der Waals surface area contributed by atoms with Gasteiger partial charge in [0.15, 0.2) is 0 Å². The van der Waals surface area contributed by atoms with Gasteiger partial charge in [0.1, 0.15) is 11.8 Å². The molecule has 4 heterocycles. The van der Waals surface area contributed by atoms with Gasteiger partial charge in [-0.1, -0.05) is 158 Å². The van der Waals surface area contributed by atoms with Crippen molar-refractivity contribution >= 4 is 21.8 Å². The Morgan fingerprint density at radius 3 is 1.08 bits per heavy atom. The van der Waals surface area contributed by atoms with E-state index in [0.717, 1.165) is 0 Å². The maximum atomic E-state index is 2.54. The van der Waals surface area contributed by atoms with Crippen molar-refractivity contribution in [3.05, 3.63) is 228 Å². The number of fused-ring (bicyclic) bond motifs is 10. The average Bonchev–Trinajstić information content (AvgIpc) is 3.74. The van der Waals surface area contributed by atoms with Crippen molar-refractivity contribution in [2.24, 2.45) is 0 Å². The third kappa shape index (κ3) is 4.25. The van der Waals surface area contributed by atoms with Gasteiger partial charge in [-0.05, 0) is 22.3 Å². The zero-order valence-electron chi connectivity index (χ0n) is 28.5. The van der Waals surface area contributed by atoms with Crippen molar-refractivity contribution in [2.45, 2.75) is 11.8 Å². The minimum atomic E-state index is 0.126. The fraction of sp³-hybridized carbons (Fsp3) is 0.0400. The summed E-state index contributed by atoms with van der Waals surface area (Å²) in [6.07, 6.45) is 0. The van der Waals surface area contributed by atoms with E-state index in [4.69, 9.17) is 0 Å². The van der Waals surface area contributed by atoms with E-state index in [-0.39, 0.29) is 11.8 Å². The van der Waals surface area contributed by atoms with Crippen LogP contribution in [0.5, 0.6) is 0 Å². The van der Waals surface area contributed by atoms with E-state index in [1.54, 1.807) is 0 Å². The lowest BCUT2D eigenvalue weighted by molar-refractivity contribution is -0.571. The molecule has 2 aromatic heterocycles. The number of pyridine rings is 2. The van der Waals surface area contributed by atoms with Gasteiger partial charge in [0, 0.05) is 58.7 Å². The van der Waals surface area contributed by atoms with Gasteiger partial charge in [-0.2, -0.15) is 9.13 Å². The van der Waals surface area contributed by atoms with Crippen LogP contribution in [0.2, 0.25) is 0 Å². The fourth-order valence-corrected chi connectivity index (χ4v) is 9.09. The van der Waals surface area contributed by atoms with Crippen molar-refractivity contribution < 1.29 is 9.13 Å². The van der Waals surface area contributed by atoms with Crippen molar-refractivity contribution in [3.8, 4) is 33.6 Å². The first-order valence-electron chi connectivity index (χ1n) is 18.2. The largest absolute Gasteiger partial charge is 0.220 e. The summed E-state index contributed by atoms with van der Waals surface area (Å²) >= 11 is 0. The Morgan fingerprint density at radius 2 is 0.673 bits per heavy atom. The van der Waals surface area contributed by atoms with Crippen molar-refractivity contribution in [1.82, 2.24) is 0 Å². The quantitative estimate of drug-likeness (QED) is 0.131. The summed E-state index contributed by atoms with van der Waals surface area (Å²) in [5.41, 5.74) is 17.8. The number of aromatic nitrogens is 2. The van der Waals surface area contributed by atoms with E-state index in [2.05, 4.69) is 203 Å². The van der Waals surface area contributed by atoms with E-state index in [1.807, 2.05) is 0 Å². The molecule has 0 saturated carbocycles. The maximum Gasteiger partial charge on any atom is 0.220 e. The lowest BCUT2D eigenvalue weighted by Gasteiger charge is -2.14. The summed E-state index contributed by atoms with van der Waals surface area (Å²) in [4.78, 5) is 0. The Bertz CT molecular complexity index is 2630. The van der Waals surface area contributed by atoms with Crippen molar-refractivity contribution in [2.75, 3.05) is 0 Å². The molecule has 2 nitrogen and oxygen atoms in total. The zero-order valence-corrected chi connectivity index (χ0v) is 28.5. The molecule has 0 N–H and O–H groups in total. The van der Waals surface area contributed by atoms with E-state index >= 15 is 0 Å². The van der Waals surface area contributed by atoms with Gasteiger partial charge in [-0.3, -0.25) is 0 Å². The maximum absolute atomic E-state index is 2.54. The highest BCUT2D eigenvalue weighted by Crippen LogP contribution is 2.45. The minimum Gasteiger partial charge on any atom is -0.156 e. The number of hydrogen-bond donors (Lipinski definition) is 0. The first-order chi connectivity index (χ1) is 25.8. The second kappa shape index (κ2) is 11.4. The highest BCUT2D eigenvalue weighted by atomic mass is 15.0. The molecule has 2 aliphatic rings. The molecule has 0 spiro atoms. The Labute approximate surface area is 303 Å². The number of hydrogen-bond acceptors (Lipinski definition) is 0. The van der Waals surface area contributed by atoms with Gasteiger partial charge < -0.3 is 0 Å². The Balaban J connectivity index is 1.32. The summed E-state index contributed by atoms with van der Waals surface area (Å²) in [7, 11) is 0. The van der Waals surface area contributed by atoms with Crippen LogP contribution in [-0.2, 0) is 0 Å². The monoisotopic (exact) mass is 662 g/mol. The minimum absolute atomic E-state index is 0.126. The molecule has 11 rings (SSSR count). The summed E-state index contributed by atoms with van der Waals surface area (Å²) in [5, 5.41) is 2.48. The molecule has 2 unspecified atom stereocenters. The van der Waals surface area contributed by atoms with Crippen LogP contribution in [-0.4, -0.2) is 0 Å². The Kier molecular flexibility index (Phi) is 6.41. The van der Waals surface area contributed by atoms with Crippen LogP contribution < -0.4 is 9.13 Å². The third-order valence-electron chi connectivity index (χ3n) is 11.3. The summed E-state index contributed by atoms with van der Waals surface area (Å²) in [6.45, 7) is 0. The lowest BCUT2D eigenvalue weighted by atomic mass is 9.87. The second-order valence-corrected chi connectivity index (χ2v) is 14.1. The van der Waals surface area contributed by atoms with Crippen LogP contribution in [0, 0.1) is 0 Å². The molecule has 9 aromatic rings. The molecular weight excluding hydrogens is 629 g/mol. The first-order valence-corrected chi connectivity index (χ1v) is 18.2. The molecule has 2 atom stereocenters. The van der Waals surface area contributed by atoms with Gasteiger partial charge in [-0.15, -0.1) is 0 Å². The molecule has 0 amide bonds. The van der Waals surface area contributed by atoms with E-state index < -0.39 is 0 Å². The van der Waals surface area contributed by atoms with Crippen LogP contribution >= 0.6 is 0 Å². The number of nitrogens with zero attached hydrogens (tertiary/aromatic N) is 2. The Morgan fingerprint density at radius 1 is 0.327 bits per heavy atom. The predicted molar refractivity (Wildman–Crippen MR) is 210 cm³/mol. The molecule has 0 fully saturated rings. The van der Waals surface area contributed by atoms with E-state index in [9.17, 15) is 0 Å². The highest BCUT2D eigenvalue weighted by Gasteiger charge is 2.43. The van der Waals surface area contributed by atoms with Crippen LogP contribution in [0.1, 0.15) is 45.5 Å². The first kappa shape index (κ1) is 29.1. The van der Waals surface area contributed by atoms with E-state index in [0.29, 0.717) is 0 Å². The topological polar surface area (TPSA) is 7.76 Å². The lowest BCUT2D eigenvalue weighted by Crippen LogP contribution is -2.35. The SMILES string of the molecule is c1ccc(-c2cc3[n+](c4cc5c(-c6ccccc6)cc6[n+](c5cc24)-c2ccccc2C6c2ccccc2)-c2ccccc2C3c2ccccc2)cc1.